The predicted molar refractivity (Wildman–Crippen MR) is 111 cm³/mol. The standard InChI is InChI=1S/C18H15Cl2F2N5O4S/c1-9(15-25-18(31-2)26-27(15)14-4-3-11(19)8-23-14)24-16(28)10-5-12(20)7-13(6-10)32(29,30)17(21)22/h3-9,17H,1-2H3,(H,24,28)/t9-/m0/s1. The lowest BCUT2D eigenvalue weighted by molar-refractivity contribution is 0.0937. The fourth-order valence-corrected chi connectivity index (χ4v) is 3.84. The molecule has 1 aromatic carbocycles. The molecular formula is C18H15Cl2F2N5O4S. The summed E-state index contributed by atoms with van der Waals surface area (Å²) in [7, 11) is -3.58. The highest BCUT2D eigenvalue weighted by Crippen LogP contribution is 2.25. The van der Waals surface area contributed by atoms with Gasteiger partial charge in [0.2, 0.25) is 9.84 Å². The van der Waals surface area contributed by atoms with Gasteiger partial charge in [0.15, 0.2) is 11.6 Å². The minimum absolute atomic E-state index is 0.00548. The molecule has 3 rings (SSSR count). The second-order valence-corrected chi connectivity index (χ2v) is 9.17. The normalized spacial score (nSPS) is 12.6. The Morgan fingerprint density at radius 2 is 1.91 bits per heavy atom. The Morgan fingerprint density at radius 3 is 2.50 bits per heavy atom. The van der Waals surface area contributed by atoms with Crippen molar-refractivity contribution < 1.29 is 26.7 Å². The van der Waals surface area contributed by atoms with E-state index in [4.69, 9.17) is 27.9 Å². The monoisotopic (exact) mass is 505 g/mol. The molecule has 170 valence electrons. The number of methoxy groups -OCH3 is 1. The summed E-state index contributed by atoms with van der Waals surface area (Å²) in [5.74, 6) is -3.86. The van der Waals surface area contributed by atoms with Crippen LogP contribution in [0.2, 0.25) is 10.0 Å². The van der Waals surface area contributed by atoms with Crippen LogP contribution in [0.4, 0.5) is 8.78 Å². The Labute approximate surface area is 191 Å². The highest BCUT2D eigenvalue weighted by atomic mass is 35.5. The van der Waals surface area contributed by atoms with Crippen molar-refractivity contribution >= 4 is 38.9 Å². The quantitative estimate of drug-likeness (QED) is 0.522. The first-order chi connectivity index (χ1) is 15.0. The summed E-state index contributed by atoms with van der Waals surface area (Å²) in [6.07, 6.45) is 1.40. The zero-order valence-corrected chi connectivity index (χ0v) is 18.8. The van der Waals surface area contributed by atoms with E-state index in [0.29, 0.717) is 10.8 Å². The van der Waals surface area contributed by atoms with Crippen molar-refractivity contribution in [1.82, 2.24) is 25.1 Å². The Morgan fingerprint density at radius 1 is 1.19 bits per heavy atom. The molecule has 1 amide bonds. The Balaban J connectivity index is 1.92. The third-order valence-corrected chi connectivity index (χ3v) is 5.96. The second kappa shape index (κ2) is 9.35. The lowest BCUT2D eigenvalue weighted by atomic mass is 10.2. The summed E-state index contributed by atoms with van der Waals surface area (Å²) in [6.45, 7) is 1.58. The van der Waals surface area contributed by atoms with Crippen LogP contribution >= 0.6 is 23.2 Å². The Hall–Kier alpha value is -2.83. The van der Waals surface area contributed by atoms with Crippen LogP contribution in [0, 0.1) is 0 Å². The van der Waals surface area contributed by atoms with Crippen LogP contribution in [0.25, 0.3) is 5.82 Å². The molecule has 2 heterocycles. The summed E-state index contributed by atoms with van der Waals surface area (Å²) in [4.78, 5) is 20.3. The van der Waals surface area contributed by atoms with Gasteiger partial charge in [-0.2, -0.15) is 18.4 Å². The van der Waals surface area contributed by atoms with E-state index in [9.17, 15) is 22.0 Å². The number of benzene rings is 1. The fourth-order valence-electron chi connectivity index (χ4n) is 2.64. The summed E-state index contributed by atoms with van der Waals surface area (Å²) in [6, 6.07) is 5.20. The maximum atomic E-state index is 12.9. The van der Waals surface area contributed by atoms with Crippen molar-refractivity contribution in [2.45, 2.75) is 23.6 Å². The molecule has 0 radical (unpaired) electrons. The van der Waals surface area contributed by atoms with Gasteiger partial charge in [0, 0.05) is 16.8 Å². The Kier molecular flexibility index (Phi) is 6.96. The second-order valence-electron chi connectivity index (χ2n) is 6.38. The van der Waals surface area contributed by atoms with Crippen LogP contribution in [0.15, 0.2) is 41.4 Å². The zero-order chi connectivity index (χ0) is 23.6. The number of pyridine rings is 1. The number of carbonyl (C=O) groups excluding carboxylic acids is 1. The van der Waals surface area contributed by atoms with E-state index in [-0.39, 0.29) is 22.4 Å². The number of sulfone groups is 1. The van der Waals surface area contributed by atoms with Gasteiger partial charge in [0.25, 0.3) is 5.91 Å². The van der Waals surface area contributed by atoms with Gasteiger partial charge in [-0.25, -0.2) is 13.4 Å². The molecule has 0 bridgehead atoms. The van der Waals surface area contributed by atoms with Crippen molar-refractivity contribution in [1.29, 1.82) is 0 Å². The lowest BCUT2D eigenvalue weighted by Crippen LogP contribution is -2.29. The summed E-state index contributed by atoms with van der Waals surface area (Å²) in [5.41, 5.74) is -0.230. The van der Waals surface area contributed by atoms with E-state index < -0.39 is 32.4 Å². The van der Waals surface area contributed by atoms with Gasteiger partial charge in [-0.15, -0.1) is 5.10 Å². The van der Waals surface area contributed by atoms with E-state index in [2.05, 4.69) is 20.4 Å². The molecule has 0 aliphatic carbocycles. The number of hydrogen-bond donors (Lipinski definition) is 1. The van der Waals surface area contributed by atoms with Gasteiger partial charge in [-0.05, 0) is 37.3 Å². The number of carbonyl (C=O) groups is 1. The third-order valence-electron chi connectivity index (χ3n) is 4.16. The zero-order valence-electron chi connectivity index (χ0n) is 16.5. The van der Waals surface area contributed by atoms with Crippen LogP contribution in [-0.4, -0.2) is 46.9 Å². The van der Waals surface area contributed by atoms with Crippen LogP contribution in [-0.2, 0) is 9.84 Å². The minimum atomic E-state index is -4.94. The van der Waals surface area contributed by atoms with Crippen LogP contribution in [0.3, 0.4) is 0 Å². The summed E-state index contributed by atoms with van der Waals surface area (Å²) in [5, 5.41) is 6.95. The number of alkyl halides is 2. The van der Waals surface area contributed by atoms with Gasteiger partial charge in [-0.1, -0.05) is 23.2 Å². The van der Waals surface area contributed by atoms with Gasteiger partial charge in [0.05, 0.1) is 23.1 Å². The van der Waals surface area contributed by atoms with E-state index in [0.717, 1.165) is 18.2 Å². The van der Waals surface area contributed by atoms with Crippen molar-refractivity contribution in [3.8, 4) is 11.8 Å². The van der Waals surface area contributed by atoms with Crippen molar-refractivity contribution in [2.24, 2.45) is 0 Å². The molecule has 3 aromatic rings. The predicted octanol–water partition coefficient (Wildman–Crippen LogP) is 3.47. The molecule has 1 atom stereocenters. The van der Waals surface area contributed by atoms with Crippen molar-refractivity contribution in [2.75, 3.05) is 7.11 Å². The molecule has 0 unspecified atom stereocenters. The number of nitrogens with zero attached hydrogens (tertiary/aromatic N) is 4. The molecule has 0 aliphatic heterocycles. The number of rotatable bonds is 7. The molecule has 2 aromatic heterocycles. The van der Waals surface area contributed by atoms with E-state index in [1.54, 1.807) is 19.1 Å². The fraction of sp³-hybridized carbons (Fsp3) is 0.222. The molecule has 0 fully saturated rings. The number of ether oxygens (including phenoxy) is 1. The first-order valence-corrected chi connectivity index (χ1v) is 11.1. The van der Waals surface area contributed by atoms with E-state index >= 15 is 0 Å². The number of nitrogens with one attached hydrogen (secondary N) is 1. The highest BCUT2D eigenvalue weighted by Gasteiger charge is 2.28. The number of hydrogen-bond acceptors (Lipinski definition) is 7. The van der Waals surface area contributed by atoms with Gasteiger partial charge in [0.1, 0.15) is 0 Å². The first kappa shape index (κ1) is 23.8. The van der Waals surface area contributed by atoms with Crippen molar-refractivity contribution in [3.05, 3.63) is 58.0 Å². The van der Waals surface area contributed by atoms with Crippen molar-refractivity contribution in [3.63, 3.8) is 0 Å². The van der Waals surface area contributed by atoms with E-state index in [1.165, 1.54) is 18.0 Å². The Bertz CT molecular complexity index is 1250. The molecule has 0 spiro atoms. The average molecular weight is 506 g/mol. The third kappa shape index (κ3) is 4.97. The van der Waals surface area contributed by atoms with Crippen LogP contribution < -0.4 is 10.1 Å². The minimum Gasteiger partial charge on any atom is -0.466 e. The summed E-state index contributed by atoms with van der Waals surface area (Å²) >= 11 is 11.7. The average Bonchev–Trinajstić information content (AvgIpc) is 3.18. The van der Waals surface area contributed by atoms with Gasteiger partial charge < -0.3 is 10.1 Å². The number of aromatic nitrogens is 4. The smallest absolute Gasteiger partial charge is 0.341 e. The highest BCUT2D eigenvalue weighted by molar-refractivity contribution is 7.91. The SMILES string of the molecule is COc1nc([C@H](C)NC(=O)c2cc(Cl)cc(S(=O)(=O)C(F)F)c2)n(-c2ccc(Cl)cn2)n1. The molecule has 9 nitrogen and oxygen atoms in total. The molecule has 0 aliphatic rings. The first-order valence-electron chi connectivity index (χ1n) is 8.79. The topological polar surface area (TPSA) is 116 Å². The molecule has 32 heavy (non-hydrogen) atoms. The maximum absolute atomic E-state index is 12.9. The lowest BCUT2D eigenvalue weighted by Gasteiger charge is -2.15. The largest absolute Gasteiger partial charge is 0.466 e. The molecule has 14 heteroatoms. The van der Waals surface area contributed by atoms with E-state index in [1.807, 2.05) is 0 Å². The molecule has 1 N–H and O–H groups in total. The molecule has 0 saturated heterocycles. The molecule has 0 saturated carbocycles. The van der Waals surface area contributed by atoms with Crippen LogP contribution in [0.5, 0.6) is 6.01 Å². The van der Waals surface area contributed by atoms with Gasteiger partial charge in [-0.3, -0.25) is 4.79 Å². The maximum Gasteiger partial charge on any atom is 0.341 e. The number of amides is 1. The number of halogens is 4. The van der Waals surface area contributed by atoms with Gasteiger partial charge >= 0.3 is 11.8 Å². The summed E-state index contributed by atoms with van der Waals surface area (Å²) < 4.78 is 55.7. The van der Waals surface area contributed by atoms with Crippen LogP contribution in [0.1, 0.15) is 29.1 Å². The molecular weight excluding hydrogens is 491 g/mol.